The van der Waals surface area contributed by atoms with Gasteiger partial charge < -0.3 is 15.2 Å². The number of aliphatic hydroxyl groups is 1. The largest absolute Gasteiger partial charge is 0.391 e. The maximum atomic E-state index is 12.3. The topological polar surface area (TPSA) is 82.6 Å². The van der Waals surface area contributed by atoms with Crippen LogP contribution in [0.15, 0.2) is 43.0 Å². The third-order valence-corrected chi connectivity index (χ3v) is 3.57. The number of ether oxygens (including phenoxy) is 1. The summed E-state index contributed by atoms with van der Waals surface area (Å²) in [5.74, 6) is -0.670. The molecule has 1 amide bonds. The summed E-state index contributed by atoms with van der Waals surface area (Å²) in [6.45, 7) is 6.48. The number of nitrogens with one attached hydrogen (secondary N) is 3. The molecule has 0 saturated heterocycles. The molecule has 6 nitrogen and oxygen atoms in total. The van der Waals surface area contributed by atoms with E-state index < -0.39 is 12.0 Å². The van der Waals surface area contributed by atoms with Crippen LogP contribution in [0, 0.1) is 5.92 Å². The van der Waals surface area contributed by atoms with Crippen LogP contribution in [-0.2, 0) is 9.53 Å². The Hall–Kier alpha value is -1.96. The predicted molar refractivity (Wildman–Crippen MR) is 104 cm³/mol. The van der Waals surface area contributed by atoms with Gasteiger partial charge in [0.2, 0.25) is 5.91 Å². The van der Waals surface area contributed by atoms with Gasteiger partial charge in [-0.05, 0) is 43.6 Å². The lowest BCUT2D eigenvalue weighted by Crippen LogP contribution is -2.46. The molecule has 0 aromatic heterocycles. The van der Waals surface area contributed by atoms with E-state index in [0.717, 1.165) is 12.1 Å². The van der Waals surface area contributed by atoms with Crippen molar-refractivity contribution in [2.24, 2.45) is 5.92 Å². The summed E-state index contributed by atoms with van der Waals surface area (Å²) in [6.07, 6.45) is 2.60. The zero-order valence-electron chi connectivity index (χ0n) is 14.5. The molecule has 0 spiro atoms. The molecule has 0 aliphatic rings. The van der Waals surface area contributed by atoms with Gasteiger partial charge in [-0.3, -0.25) is 15.6 Å². The van der Waals surface area contributed by atoms with Crippen molar-refractivity contribution >= 4 is 28.9 Å². The normalized spacial score (nSPS) is 12.7. The summed E-state index contributed by atoms with van der Waals surface area (Å²) in [4.78, 5) is 12.3. The highest BCUT2D eigenvalue weighted by Gasteiger charge is 2.21. The molecule has 0 aliphatic heterocycles. The van der Waals surface area contributed by atoms with Gasteiger partial charge in [0.05, 0.1) is 12.7 Å². The maximum absolute atomic E-state index is 12.3. The van der Waals surface area contributed by atoms with Crippen LogP contribution in [0.5, 0.6) is 0 Å². The van der Waals surface area contributed by atoms with Crippen molar-refractivity contribution in [1.29, 1.82) is 0 Å². The molecule has 0 saturated carbocycles. The van der Waals surface area contributed by atoms with Crippen LogP contribution in [0.4, 0.5) is 5.69 Å². The van der Waals surface area contributed by atoms with Crippen molar-refractivity contribution in [1.82, 2.24) is 10.9 Å². The maximum Gasteiger partial charge on any atom is 0.241 e. The van der Waals surface area contributed by atoms with E-state index in [9.17, 15) is 9.90 Å². The summed E-state index contributed by atoms with van der Waals surface area (Å²) >= 11 is 5.14. The molecule has 0 heterocycles. The number of carbonyl (C=O) groups is 1. The van der Waals surface area contributed by atoms with Gasteiger partial charge in [0.1, 0.15) is 0 Å². The summed E-state index contributed by atoms with van der Waals surface area (Å²) in [6, 6.07) is 9.39. The Morgan fingerprint density at radius 3 is 2.72 bits per heavy atom. The van der Waals surface area contributed by atoms with Crippen LogP contribution in [0.2, 0.25) is 0 Å². The first-order chi connectivity index (χ1) is 12.1. The highest BCUT2D eigenvalue weighted by atomic mass is 32.1. The number of hydrogen-bond donors (Lipinski definition) is 4. The molecule has 0 unspecified atom stereocenters. The quantitative estimate of drug-likeness (QED) is 0.221. The van der Waals surface area contributed by atoms with Crippen molar-refractivity contribution in [2.75, 3.05) is 18.5 Å². The van der Waals surface area contributed by atoms with E-state index >= 15 is 0 Å². The Bertz CT molecular complexity index is 540. The number of allylic oxidation sites excluding steroid dienone is 1. The monoisotopic (exact) mass is 365 g/mol. The zero-order chi connectivity index (χ0) is 18.5. The SMILES string of the molecule is C=CC[C@@H](C[C@@H](O)COCCC)C(=O)NNC(=S)Nc1ccccc1. The first kappa shape index (κ1) is 21.1. The van der Waals surface area contributed by atoms with Gasteiger partial charge in [-0.1, -0.05) is 31.2 Å². The van der Waals surface area contributed by atoms with Crippen LogP contribution < -0.4 is 16.2 Å². The van der Waals surface area contributed by atoms with E-state index in [2.05, 4.69) is 22.7 Å². The van der Waals surface area contributed by atoms with Crippen molar-refractivity contribution in [2.45, 2.75) is 32.3 Å². The molecule has 4 N–H and O–H groups in total. The first-order valence-corrected chi connectivity index (χ1v) is 8.76. The number of aliphatic hydroxyl groups excluding tert-OH is 1. The second-order valence-corrected chi connectivity index (χ2v) is 6.03. The smallest absolute Gasteiger partial charge is 0.241 e. The molecular formula is C18H27N3O3S. The fourth-order valence-electron chi connectivity index (χ4n) is 2.18. The second kappa shape index (κ2) is 12.4. The number of rotatable bonds is 10. The fraction of sp³-hybridized carbons (Fsp3) is 0.444. The van der Waals surface area contributed by atoms with Crippen LogP contribution in [0.3, 0.4) is 0 Å². The van der Waals surface area contributed by atoms with Crippen LogP contribution in [0.1, 0.15) is 26.2 Å². The highest BCUT2D eigenvalue weighted by molar-refractivity contribution is 7.80. The molecule has 0 fully saturated rings. The van der Waals surface area contributed by atoms with Gasteiger partial charge in [-0.25, -0.2) is 0 Å². The van der Waals surface area contributed by atoms with Gasteiger partial charge in [-0.2, -0.15) is 0 Å². The van der Waals surface area contributed by atoms with Crippen molar-refractivity contribution in [3.63, 3.8) is 0 Å². The average molecular weight is 365 g/mol. The standard InChI is InChI=1S/C18H27N3O3S/c1-3-8-14(12-16(22)13-24-11-4-2)17(23)20-21-18(25)19-15-9-6-5-7-10-15/h3,5-7,9-10,14,16,22H,1,4,8,11-13H2,2H3,(H,20,23)(H2,19,21,25)/t14-,16+/m0/s1. The molecule has 7 heteroatoms. The van der Waals surface area contributed by atoms with Gasteiger partial charge in [-0.15, -0.1) is 6.58 Å². The number of hydrogen-bond acceptors (Lipinski definition) is 4. The number of para-hydroxylation sites is 1. The minimum absolute atomic E-state index is 0.218. The summed E-state index contributed by atoms with van der Waals surface area (Å²) in [5, 5.41) is 13.2. The molecule has 0 aliphatic carbocycles. The molecule has 138 valence electrons. The summed E-state index contributed by atoms with van der Waals surface area (Å²) < 4.78 is 5.31. The molecular weight excluding hydrogens is 338 g/mol. The van der Waals surface area contributed by atoms with Crippen molar-refractivity contribution in [3.05, 3.63) is 43.0 Å². The molecule has 0 radical (unpaired) electrons. The van der Waals surface area contributed by atoms with E-state index in [-0.39, 0.29) is 17.6 Å². The van der Waals surface area contributed by atoms with E-state index in [0.29, 0.717) is 19.4 Å². The van der Waals surface area contributed by atoms with Gasteiger partial charge >= 0.3 is 0 Å². The molecule has 1 rings (SSSR count). The minimum atomic E-state index is -0.698. The van der Waals surface area contributed by atoms with Gasteiger partial charge in [0.15, 0.2) is 5.11 Å². The fourth-order valence-corrected chi connectivity index (χ4v) is 2.34. The molecule has 25 heavy (non-hydrogen) atoms. The Morgan fingerprint density at radius 2 is 2.08 bits per heavy atom. The predicted octanol–water partition coefficient (Wildman–Crippen LogP) is 2.37. The zero-order valence-corrected chi connectivity index (χ0v) is 15.3. The third kappa shape index (κ3) is 9.19. The van der Waals surface area contributed by atoms with E-state index in [4.69, 9.17) is 17.0 Å². The van der Waals surface area contributed by atoms with E-state index in [1.807, 2.05) is 37.3 Å². The Labute approximate surface area is 154 Å². The van der Waals surface area contributed by atoms with Crippen molar-refractivity contribution in [3.8, 4) is 0 Å². The van der Waals surface area contributed by atoms with Crippen LogP contribution in [0.25, 0.3) is 0 Å². The number of amides is 1. The van der Waals surface area contributed by atoms with Crippen LogP contribution in [-0.4, -0.2) is 35.4 Å². The number of thiocarbonyl (C=S) groups is 1. The van der Waals surface area contributed by atoms with Crippen molar-refractivity contribution < 1.29 is 14.6 Å². The van der Waals surface area contributed by atoms with Crippen LogP contribution >= 0.6 is 12.2 Å². The average Bonchev–Trinajstić information content (AvgIpc) is 2.60. The third-order valence-electron chi connectivity index (χ3n) is 3.37. The second-order valence-electron chi connectivity index (χ2n) is 5.62. The first-order valence-electron chi connectivity index (χ1n) is 8.35. The molecule has 1 aromatic carbocycles. The molecule has 1 aromatic rings. The van der Waals surface area contributed by atoms with Gasteiger partial charge in [0.25, 0.3) is 0 Å². The highest BCUT2D eigenvalue weighted by Crippen LogP contribution is 2.13. The summed E-state index contributed by atoms with van der Waals surface area (Å²) in [5.41, 5.74) is 6.06. The van der Waals surface area contributed by atoms with E-state index in [1.54, 1.807) is 6.08 Å². The Morgan fingerprint density at radius 1 is 1.36 bits per heavy atom. The molecule has 0 bridgehead atoms. The number of hydrazine groups is 1. The Kier molecular flexibility index (Phi) is 10.5. The van der Waals surface area contributed by atoms with E-state index in [1.165, 1.54) is 0 Å². The molecule has 2 atom stereocenters. The lowest BCUT2D eigenvalue weighted by atomic mass is 9.97. The summed E-state index contributed by atoms with van der Waals surface area (Å²) in [7, 11) is 0. The Balaban J connectivity index is 2.41. The van der Waals surface area contributed by atoms with Gasteiger partial charge in [0, 0.05) is 18.2 Å². The minimum Gasteiger partial charge on any atom is -0.391 e. The number of benzene rings is 1. The lowest BCUT2D eigenvalue weighted by Gasteiger charge is -2.20. The number of anilines is 1. The lowest BCUT2D eigenvalue weighted by molar-refractivity contribution is -0.126. The number of carbonyl (C=O) groups excluding carboxylic acids is 1.